The lowest BCUT2D eigenvalue weighted by Gasteiger charge is -2.13. The molecule has 0 radical (unpaired) electrons. The number of hydrogen-bond donors (Lipinski definition) is 0. The summed E-state index contributed by atoms with van der Waals surface area (Å²) in [4.78, 5) is 19.3. The number of carbonyl (C=O) groups excluding carboxylic acids is 1. The van der Waals surface area contributed by atoms with Gasteiger partial charge in [0, 0.05) is 18.1 Å². The summed E-state index contributed by atoms with van der Waals surface area (Å²) in [5.74, 6) is -0.0546. The van der Waals surface area contributed by atoms with Gasteiger partial charge in [-0.15, -0.1) is 16.4 Å². The van der Waals surface area contributed by atoms with Crippen molar-refractivity contribution in [3.63, 3.8) is 0 Å². The van der Waals surface area contributed by atoms with Gasteiger partial charge in [0.25, 0.3) is 5.91 Å². The molecule has 0 fully saturated rings. The predicted octanol–water partition coefficient (Wildman–Crippen LogP) is 1.58. The molecule has 0 aromatic carbocycles. The quantitative estimate of drug-likeness (QED) is 0.834. The first-order valence-corrected chi connectivity index (χ1v) is 6.20. The number of carbonyl (C=O) groups is 1. The van der Waals surface area contributed by atoms with Gasteiger partial charge in [-0.2, -0.15) is 0 Å². The van der Waals surface area contributed by atoms with Gasteiger partial charge in [-0.1, -0.05) is 4.49 Å². The Labute approximate surface area is 101 Å². The van der Waals surface area contributed by atoms with Crippen LogP contribution in [-0.4, -0.2) is 32.4 Å². The summed E-state index contributed by atoms with van der Waals surface area (Å²) >= 11 is 2.71. The molecule has 0 aliphatic carbocycles. The lowest BCUT2D eigenvalue weighted by molar-refractivity contribution is 0.0791. The number of thiazole rings is 1. The van der Waals surface area contributed by atoms with Crippen molar-refractivity contribution >= 4 is 28.8 Å². The minimum Gasteiger partial charge on any atom is -0.336 e. The molecule has 0 N–H and O–H groups in total. The second kappa shape index (κ2) is 4.67. The number of aryl methyl sites for hydroxylation is 1. The van der Waals surface area contributed by atoms with E-state index in [0.717, 1.165) is 21.4 Å². The van der Waals surface area contributed by atoms with E-state index in [1.165, 1.54) is 6.20 Å². The van der Waals surface area contributed by atoms with Crippen LogP contribution >= 0.6 is 22.9 Å². The van der Waals surface area contributed by atoms with Crippen molar-refractivity contribution in [2.24, 2.45) is 0 Å². The van der Waals surface area contributed by atoms with Crippen molar-refractivity contribution in [1.82, 2.24) is 19.5 Å². The van der Waals surface area contributed by atoms with Crippen LogP contribution in [0.3, 0.4) is 0 Å². The maximum Gasteiger partial charge on any atom is 0.267 e. The van der Waals surface area contributed by atoms with Gasteiger partial charge in [0.1, 0.15) is 4.88 Å². The highest BCUT2D eigenvalue weighted by Crippen LogP contribution is 2.15. The lowest BCUT2D eigenvalue weighted by atomic mass is 10.4. The molecular formula is C9H10N4OS2. The molecule has 0 saturated carbocycles. The topological polar surface area (TPSA) is 59.0 Å². The molecule has 0 unspecified atom stereocenters. The van der Waals surface area contributed by atoms with Crippen molar-refractivity contribution in [1.29, 1.82) is 0 Å². The van der Waals surface area contributed by atoms with Crippen LogP contribution in [0.25, 0.3) is 0 Å². The SMILES string of the molecule is Cc1ncc(CN(C)C(=O)c2cnns2)s1. The minimum atomic E-state index is -0.0546. The molecule has 7 heteroatoms. The van der Waals surface area contributed by atoms with E-state index in [1.807, 2.05) is 6.92 Å². The third-order valence-corrected chi connectivity index (χ3v) is 3.53. The Morgan fingerprint density at radius 3 is 2.88 bits per heavy atom. The number of rotatable bonds is 3. The molecule has 2 rings (SSSR count). The Morgan fingerprint density at radius 1 is 1.50 bits per heavy atom. The second-order valence-corrected chi connectivity index (χ2v) is 5.39. The maximum atomic E-state index is 11.9. The largest absolute Gasteiger partial charge is 0.336 e. The number of hydrogen-bond acceptors (Lipinski definition) is 6. The van der Waals surface area contributed by atoms with Crippen LogP contribution in [0.5, 0.6) is 0 Å². The normalized spacial score (nSPS) is 10.4. The van der Waals surface area contributed by atoms with Gasteiger partial charge >= 0.3 is 0 Å². The summed E-state index contributed by atoms with van der Waals surface area (Å²) in [6, 6.07) is 0. The van der Waals surface area contributed by atoms with E-state index in [-0.39, 0.29) is 5.91 Å². The number of aromatic nitrogens is 3. The molecule has 2 aromatic rings. The third kappa shape index (κ3) is 2.42. The smallest absolute Gasteiger partial charge is 0.267 e. The molecule has 84 valence electrons. The van der Waals surface area contributed by atoms with Crippen LogP contribution in [0.4, 0.5) is 0 Å². The van der Waals surface area contributed by atoms with Crippen LogP contribution < -0.4 is 0 Å². The number of amides is 1. The number of nitrogens with zero attached hydrogens (tertiary/aromatic N) is 4. The molecule has 16 heavy (non-hydrogen) atoms. The van der Waals surface area contributed by atoms with Crippen LogP contribution in [0.15, 0.2) is 12.4 Å². The molecule has 0 spiro atoms. The molecule has 1 amide bonds. The van der Waals surface area contributed by atoms with Crippen molar-refractivity contribution in [3.05, 3.63) is 27.2 Å². The van der Waals surface area contributed by atoms with E-state index in [2.05, 4.69) is 14.6 Å². The molecule has 0 atom stereocenters. The van der Waals surface area contributed by atoms with E-state index in [0.29, 0.717) is 11.4 Å². The van der Waals surface area contributed by atoms with Gasteiger partial charge in [0.05, 0.1) is 17.7 Å². The van der Waals surface area contributed by atoms with Crippen molar-refractivity contribution in [2.45, 2.75) is 13.5 Å². The minimum absolute atomic E-state index is 0.0546. The molecule has 0 saturated heterocycles. The summed E-state index contributed by atoms with van der Waals surface area (Å²) in [5, 5.41) is 4.66. The molecule has 5 nitrogen and oxygen atoms in total. The molecule has 2 heterocycles. The fourth-order valence-electron chi connectivity index (χ4n) is 1.23. The van der Waals surface area contributed by atoms with Crippen LogP contribution in [-0.2, 0) is 6.54 Å². The highest BCUT2D eigenvalue weighted by molar-refractivity contribution is 7.11. The summed E-state index contributed by atoms with van der Waals surface area (Å²) in [5.41, 5.74) is 0. The second-order valence-electron chi connectivity index (χ2n) is 3.29. The van der Waals surface area contributed by atoms with Crippen molar-refractivity contribution < 1.29 is 4.79 Å². The summed E-state index contributed by atoms with van der Waals surface area (Å²) in [6.45, 7) is 2.52. The summed E-state index contributed by atoms with van der Waals surface area (Å²) in [7, 11) is 1.76. The Balaban J connectivity index is 2.03. The first kappa shape index (κ1) is 11.2. The highest BCUT2D eigenvalue weighted by Gasteiger charge is 2.14. The average molecular weight is 254 g/mol. The fourth-order valence-corrected chi connectivity index (χ4v) is 2.59. The van der Waals surface area contributed by atoms with Gasteiger partial charge < -0.3 is 4.90 Å². The maximum absolute atomic E-state index is 11.9. The zero-order valence-electron chi connectivity index (χ0n) is 8.88. The summed E-state index contributed by atoms with van der Waals surface area (Å²) < 4.78 is 3.67. The Kier molecular flexibility index (Phi) is 3.25. The average Bonchev–Trinajstić information content (AvgIpc) is 2.88. The van der Waals surface area contributed by atoms with E-state index in [1.54, 1.807) is 29.5 Å². The van der Waals surface area contributed by atoms with Crippen LogP contribution in [0.2, 0.25) is 0 Å². The Hall–Kier alpha value is -1.34. The molecule has 0 aliphatic heterocycles. The van der Waals surface area contributed by atoms with Gasteiger partial charge in [-0.05, 0) is 18.5 Å². The molecular weight excluding hydrogens is 244 g/mol. The molecule has 2 aromatic heterocycles. The van der Waals surface area contributed by atoms with Gasteiger partial charge in [0.2, 0.25) is 0 Å². The zero-order valence-corrected chi connectivity index (χ0v) is 10.5. The van der Waals surface area contributed by atoms with E-state index < -0.39 is 0 Å². The Bertz CT molecular complexity index is 479. The first-order chi connectivity index (χ1) is 7.66. The van der Waals surface area contributed by atoms with Gasteiger partial charge in [-0.3, -0.25) is 4.79 Å². The van der Waals surface area contributed by atoms with E-state index >= 15 is 0 Å². The van der Waals surface area contributed by atoms with Gasteiger partial charge in [-0.25, -0.2) is 4.98 Å². The monoisotopic (exact) mass is 254 g/mol. The van der Waals surface area contributed by atoms with Crippen LogP contribution in [0, 0.1) is 6.92 Å². The van der Waals surface area contributed by atoms with Crippen LogP contribution in [0.1, 0.15) is 19.6 Å². The molecule has 0 aliphatic rings. The first-order valence-electron chi connectivity index (χ1n) is 4.61. The van der Waals surface area contributed by atoms with E-state index in [4.69, 9.17) is 0 Å². The summed E-state index contributed by atoms with van der Waals surface area (Å²) in [6.07, 6.45) is 3.29. The van der Waals surface area contributed by atoms with Gasteiger partial charge in [0.15, 0.2) is 0 Å². The zero-order chi connectivity index (χ0) is 11.5. The van der Waals surface area contributed by atoms with Crippen molar-refractivity contribution in [3.8, 4) is 0 Å². The third-order valence-electron chi connectivity index (χ3n) is 1.98. The van der Waals surface area contributed by atoms with E-state index in [9.17, 15) is 4.79 Å². The standard InChI is InChI=1S/C9H10N4OS2/c1-6-10-3-7(15-6)5-13(2)9(14)8-4-11-12-16-8/h3-4H,5H2,1-2H3. The Morgan fingerprint density at radius 2 is 2.31 bits per heavy atom. The predicted molar refractivity (Wildman–Crippen MR) is 62.6 cm³/mol. The highest BCUT2D eigenvalue weighted by atomic mass is 32.1. The van der Waals surface area contributed by atoms with Crippen molar-refractivity contribution in [2.75, 3.05) is 7.05 Å². The fraction of sp³-hybridized carbons (Fsp3) is 0.333. The molecule has 0 bridgehead atoms. The lowest BCUT2D eigenvalue weighted by Crippen LogP contribution is -2.24.